The molecule has 2 aromatic heterocycles. The molecule has 15 heavy (non-hydrogen) atoms. The molecule has 1 unspecified atom stereocenters. The molecule has 0 amide bonds. The third kappa shape index (κ3) is 2.57. The summed E-state index contributed by atoms with van der Waals surface area (Å²) in [6.07, 6.45) is 5.84. The molecule has 0 aromatic carbocycles. The molecule has 2 rings (SSSR count). The zero-order valence-corrected chi connectivity index (χ0v) is 9.24. The van der Waals surface area contributed by atoms with Crippen LogP contribution in [-0.2, 0) is 6.42 Å². The fourth-order valence-corrected chi connectivity index (χ4v) is 2.16. The van der Waals surface area contributed by atoms with Crippen molar-refractivity contribution in [3.63, 3.8) is 0 Å². The maximum atomic E-state index is 5.71. The van der Waals surface area contributed by atoms with Crippen molar-refractivity contribution in [3.8, 4) is 11.4 Å². The SMILES string of the molecule is CC(N)Cc1nc(-c2cnccn2)cs1. The summed E-state index contributed by atoms with van der Waals surface area (Å²) in [7, 11) is 0. The first kappa shape index (κ1) is 10.2. The second-order valence-corrected chi connectivity index (χ2v) is 4.34. The Morgan fingerprint density at radius 3 is 2.93 bits per heavy atom. The molecular weight excluding hydrogens is 208 g/mol. The van der Waals surface area contributed by atoms with Crippen molar-refractivity contribution in [2.24, 2.45) is 5.73 Å². The zero-order chi connectivity index (χ0) is 10.7. The summed E-state index contributed by atoms with van der Waals surface area (Å²) in [5.74, 6) is 0. The standard InChI is InChI=1S/C10H12N4S/c1-7(11)4-10-14-9(6-15-10)8-5-12-2-3-13-8/h2-3,5-7H,4,11H2,1H3. The lowest BCUT2D eigenvalue weighted by Gasteiger charge is -1.99. The molecule has 2 heterocycles. The average Bonchev–Trinajstić information content (AvgIpc) is 2.67. The molecular formula is C10H12N4S. The number of nitrogens with zero attached hydrogens (tertiary/aromatic N) is 3. The van der Waals surface area contributed by atoms with Crippen LogP contribution in [0.4, 0.5) is 0 Å². The Labute approximate surface area is 92.2 Å². The molecule has 0 saturated heterocycles. The average molecular weight is 220 g/mol. The molecule has 5 heteroatoms. The van der Waals surface area contributed by atoms with Gasteiger partial charge in [0.25, 0.3) is 0 Å². The van der Waals surface area contributed by atoms with E-state index in [-0.39, 0.29) is 6.04 Å². The van der Waals surface area contributed by atoms with Crippen molar-refractivity contribution in [2.45, 2.75) is 19.4 Å². The number of thiazole rings is 1. The van der Waals surface area contributed by atoms with Crippen LogP contribution in [0.5, 0.6) is 0 Å². The van der Waals surface area contributed by atoms with Crippen molar-refractivity contribution in [1.29, 1.82) is 0 Å². The summed E-state index contributed by atoms with van der Waals surface area (Å²) in [6.45, 7) is 1.98. The van der Waals surface area contributed by atoms with Crippen LogP contribution in [0.15, 0.2) is 24.0 Å². The number of hydrogen-bond donors (Lipinski definition) is 1. The van der Waals surface area contributed by atoms with E-state index in [0.717, 1.165) is 22.8 Å². The van der Waals surface area contributed by atoms with E-state index in [1.807, 2.05) is 12.3 Å². The molecule has 0 aliphatic heterocycles. The Morgan fingerprint density at radius 2 is 2.27 bits per heavy atom. The van der Waals surface area contributed by atoms with Gasteiger partial charge in [0.2, 0.25) is 0 Å². The normalized spacial score (nSPS) is 12.7. The van der Waals surface area contributed by atoms with Crippen LogP contribution in [-0.4, -0.2) is 21.0 Å². The van der Waals surface area contributed by atoms with Crippen molar-refractivity contribution in [2.75, 3.05) is 0 Å². The molecule has 0 radical (unpaired) electrons. The molecule has 1 atom stereocenters. The van der Waals surface area contributed by atoms with E-state index in [1.54, 1.807) is 29.9 Å². The van der Waals surface area contributed by atoms with Crippen molar-refractivity contribution in [3.05, 3.63) is 29.0 Å². The van der Waals surface area contributed by atoms with Crippen LogP contribution in [0.3, 0.4) is 0 Å². The Hall–Kier alpha value is -1.33. The van der Waals surface area contributed by atoms with E-state index < -0.39 is 0 Å². The molecule has 4 nitrogen and oxygen atoms in total. The lowest BCUT2D eigenvalue weighted by molar-refractivity contribution is 0.734. The van der Waals surface area contributed by atoms with Gasteiger partial charge in [0.05, 0.1) is 11.2 Å². The number of rotatable bonds is 3. The van der Waals surface area contributed by atoms with Crippen LogP contribution in [0, 0.1) is 0 Å². The van der Waals surface area contributed by atoms with E-state index in [1.165, 1.54) is 0 Å². The highest BCUT2D eigenvalue weighted by atomic mass is 32.1. The zero-order valence-electron chi connectivity index (χ0n) is 8.42. The summed E-state index contributed by atoms with van der Waals surface area (Å²) in [5, 5.41) is 3.03. The second-order valence-electron chi connectivity index (χ2n) is 3.40. The highest BCUT2D eigenvalue weighted by Crippen LogP contribution is 2.19. The first-order chi connectivity index (χ1) is 7.25. The number of aromatic nitrogens is 3. The number of hydrogen-bond acceptors (Lipinski definition) is 5. The maximum absolute atomic E-state index is 5.71. The predicted molar refractivity (Wildman–Crippen MR) is 60.5 cm³/mol. The summed E-state index contributed by atoms with van der Waals surface area (Å²) in [4.78, 5) is 12.7. The smallest absolute Gasteiger partial charge is 0.108 e. The summed E-state index contributed by atoms with van der Waals surface area (Å²) in [5.41, 5.74) is 7.40. The Bertz CT molecular complexity index is 424. The van der Waals surface area contributed by atoms with Gasteiger partial charge in [-0.1, -0.05) is 0 Å². The largest absolute Gasteiger partial charge is 0.328 e. The fraction of sp³-hybridized carbons (Fsp3) is 0.300. The van der Waals surface area contributed by atoms with Crippen LogP contribution in [0.2, 0.25) is 0 Å². The molecule has 0 aliphatic carbocycles. The molecule has 0 bridgehead atoms. The third-order valence-electron chi connectivity index (χ3n) is 1.87. The van der Waals surface area contributed by atoms with Crippen LogP contribution in [0.1, 0.15) is 11.9 Å². The van der Waals surface area contributed by atoms with Crippen LogP contribution < -0.4 is 5.73 Å². The minimum atomic E-state index is 0.144. The lowest BCUT2D eigenvalue weighted by Crippen LogP contribution is -2.17. The quantitative estimate of drug-likeness (QED) is 0.851. The first-order valence-electron chi connectivity index (χ1n) is 4.72. The second kappa shape index (κ2) is 4.46. The van der Waals surface area contributed by atoms with E-state index >= 15 is 0 Å². The van der Waals surface area contributed by atoms with Gasteiger partial charge in [-0.2, -0.15) is 0 Å². The van der Waals surface area contributed by atoms with Crippen molar-refractivity contribution < 1.29 is 0 Å². The summed E-state index contributed by atoms with van der Waals surface area (Å²) >= 11 is 1.61. The van der Waals surface area contributed by atoms with Crippen LogP contribution >= 0.6 is 11.3 Å². The molecule has 0 fully saturated rings. The third-order valence-corrected chi connectivity index (χ3v) is 2.75. The number of nitrogens with two attached hydrogens (primary N) is 1. The first-order valence-corrected chi connectivity index (χ1v) is 5.60. The fourth-order valence-electron chi connectivity index (χ4n) is 1.23. The van der Waals surface area contributed by atoms with Gasteiger partial charge < -0.3 is 5.73 Å². The van der Waals surface area contributed by atoms with E-state index in [4.69, 9.17) is 5.73 Å². The van der Waals surface area contributed by atoms with Gasteiger partial charge in [-0.05, 0) is 6.92 Å². The van der Waals surface area contributed by atoms with Crippen LogP contribution in [0.25, 0.3) is 11.4 Å². The maximum Gasteiger partial charge on any atom is 0.108 e. The van der Waals surface area contributed by atoms with Gasteiger partial charge in [-0.25, -0.2) is 4.98 Å². The van der Waals surface area contributed by atoms with Gasteiger partial charge in [-0.3, -0.25) is 9.97 Å². The highest BCUT2D eigenvalue weighted by molar-refractivity contribution is 7.09. The highest BCUT2D eigenvalue weighted by Gasteiger charge is 2.06. The molecule has 78 valence electrons. The minimum Gasteiger partial charge on any atom is -0.328 e. The van der Waals surface area contributed by atoms with Crippen molar-refractivity contribution >= 4 is 11.3 Å². The topological polar surface area (TPSA) is 64.7 Å². The molecule has 0 spiro atoms. The lowest BCUT2D eigenvalue weighted by atomic mass is 10.3. The Morgan fingerprint density at radius 1 is 1.40 bits per heavy atom. The van der Waals surface area contributed by atoms with Gasteiger partial charge >= 0.3 is 0 Å². The van der Waals surface area contributed by atoms with Gasteiger partial charge in [0.15, 0.2) is 0 Å². The molecule has 0 saturated carbocycles. The predicted octanol–water partition coefficient (Wildman–Crippen LogP) is 1.49. The minimum absolute atomic E-state index is 0.144. The Kier molecular flexibility index (Phi) is 3.03. The van der Waals surface area contributed by atoms with Gasteiger partial charge in [0, 0.05) is 30.2 Å². The molecule has 0 aliphatic rings. The molecule has 2 aromatic rings. The van der Waals surface area contributed by atoms with E-state index in [0.29, 0.717) is 0 Å². The van der Waals surface area contributed by atoms with Gasteiger partial charge in [0.1, 0.15) is 11.4 Å². The summed E-state index contributed by atoms with van der Waals surface area (Å²) < 4.78 is 0. The van der Waals surface area contributed by atoms with E-state index in [2.05, 4.69) is 15.0 Å². The van der Waals surface area contributed by atoms with Gasteiger partial charge in [-0.15, -0.1) is 11.3 Å². The van der Waals surface area contributed by atoms with E-state index in [9.17, 15) is 0 Å². The van der Waals surface area contributed by atoms with Crippen molar-refractivity contribution in [1.82, 2.24) is 15.0 Å². The monoisotopic (exact) mass is 220 g/mol. The molecule has 2 N–H and O–H groups in total. The Balaban J connectivity index is 2.21. The summed E-state index contributed by atoms with van der Waals surface area (Å²) in [6, 6.07) is 0.144.